The maximum absolute atomic E-state index is 13.1. The maximum atomic E-state index is 13.1. The standard InChI is InChI=1S/C22H22N2O3/c1-15(25)17-7-4-8-19(13-17)23-20(26)22(10-11-22)21(27)24-12-9-16-5-2-3-6-18(16)14-24/h2-8,13H,9-12,14H2,1H3,(H,23,26). The predicted molar refractivity (Wildman–Crippen MR) is 102 cm³/mol. The van der Waals surface area contributed by atoms with E-state index >= 15 is 0 Å². The van der Waals surface area contributed by atoms with Crippen molar-refractivity contribution in [3.05, 3.63) is 65.2 Å². The molecule has 1 fully saturated rings. The second-order valence-corrected chi connectivity index (χ2v) is 7.42. The SMILES string of the molecule is CC(=O)c1cccc(NC(=O)C2(C(=O)N3CCc4ccccc4C3)CC2)c1. The van der Waals surface area contributed by atoms with Gasteiger partial charge < -0.3 is 10.2 Å². The molecule has 0 radical (unpaired) electrons. The second kappa shape index (κ2) is 6.65. The van der Waals surface area contributed by atoms with Gasteiger partial charge in [0.25, 0.3) is 0 Å². The van der Waals surface area contributed by atoms with Gasteiger partial charge in [-0.1, -0.05) is 36.4 Å². The minimum atomic E-state index is -0.960. The summed E-state index contributed by atoms with van der Waals surface area (Å²) in [6.45, 7) is 2.69. The van der Waals surface area contributed by atoms with Gasteiger partial charge in [-0.15, -0.1) is 0 Å². The van der Waals surface area contributed by atoms with E-state index in [9.17, 15) is 14.4 Å². The lowest BCUT2D eigenvalue weighted by Crippen LogP contribution is -2.45. The van der Waals surface area contributed by atoms with E-state index in [2.05, 4.69) is 11.4 Å². The summed E-state index contributed by atoms with van der Waals surface area (Å²) in [7, 11) is 0. The van der Waals surface area contributed by atoms with E-state index in [0.29, 0.717) is 37.2 Å². The summed E-state index contributed by atoms with van der Waals surface area (Å²) in [5.41, 5.74) is 2.56. The molecule has 0 spiro atoms. The maximum Gasteiger partial charge on any atom is 0.240 e. The largest absolute Gasteiger partial charge is 0.337 e. The molecule has 0 atom stereocenters. The van der Waals surface area contributed by atoms with Crippen LogP contribution in [0.1, 0.15) is 41.3 Å². The van der Waals surface area contributed by atoms with Crippen molar-refractivity contribution in [3.8, 4) is 0 Å². The van der Waals surface area contributed by atoms with Gasteiger partial charge in [0.15, 0.2) is 5.78 Å². The Kier molecular flexibility index (Phi) is 4.30. The first-order valence-corrected chi connectivity index (χ1v) is 9.28. The number of anilines is 1. The number of hydrogen-bond acceptors (Lipinski definition) is 3. The highest BCUT2D eigenvalue weighted by Crippen LogP contribution is 2.48. The highest BCUT2D eigenvalue weighted by atomic mass is 16.2. The molecule has 4 rings (SSSR count). The summed E-state index contributed by atoms with van der Waals surface area (Å²) >= 11 is 0. The zero-order chi connectivity index (χ0) is 19.0. The van der Waals surface area contributed by atoms with Gasteiger partial charge >= 0.3 is 0 Å². The molecule has 2 aliphatic rings. The number of nitrogens with zero attached hydrogens (tertiary/aromatic N) is 1. The van der Waals surface area contributed by atoms with Crippen LogP contribution in [0.2, 0.25) is 0 Å². The minimum Gasteiger partial charge on any atom is -0.337 e. The lowest BCUT2D eigenvalue weighted by Gasteiger charge is -2.31. The summed E-state index contributed by atoms with van der Waals surface area (Å²) in [6.07, 6.45) is 1.96. The Balaban J connectivity index is 1.49. The van der Waals surface area contributed by atoms with Crippen LogP contribution in [0.4, 0.5) is 5.69 Å². The Bertz CT molecular complexity index is 931. The molecule has 0 unspecified atom stereocenters. The van der Waals surface area contributed by atoms with Crippen molar-refractivity contribution in [2.45, 2.75) is 32.7 Å². The van der Waals surface area contributed by atoms with Crippen LogP contribution in [0, 0.1) is 5.41 Å². The van der Waals surface area contributed by atoms with E-state index in [4.69, 9.17) is 0 Å². The first-order valence-electron chi connectivity index (χ1n) is 9.28. The molecular weight excluding hydrogens is 340 g/mol. The first-order chi connectivity index (χ1) is 13.0. The van der Waals surface area contributed by atoms with Crippen LogP contribution in [0.15, 0.2) is 48.5 Å². The van der Waals surface area contributed by atoms with Crippen molar-refractivity contribution < 1.29 is 14.4 Å². The molecule has 0 bridgehead atoms. The molecule has 5 heteroatoms. The third kappa shape index (κ3) is 3.25. The van der Waals surface area contributed by atoms with E-state index in [1.54, 1.807) is 29.2 Å². The smallest absolute Gasteiger partial charge is 0.240 e. The summed E-state index contributed by atoms with van der Waals surface area (Å²) in [4.78, 5) is 39.3. The van der Waals surface area contributed by atoms with E-state index < -0.39 is 5.41 Å². The molecule has 1 heterocycles. The number of carbonyl (C=O) groups is 3. The number of hydrogen-bond donors (Lipinski definition) is 1. The summed E-state index contributed by atoms with van der Waals surface area (Å²) in [6, 6.07) is 15.0. The Morgan fingerprint density at radius 1 is 1.00 bits per heavy atom. The van der Waals surface area contributed by atoms with Crippen molar-refractivity contribution in [3.63, 3.8) is 0 Å². The van der Waals surface area contributed by atoms with E-state index in [-0.39, 0.29) is 17.6 Å². The Labute approximate surface area is 158 Å². The van der Waals surface area contributed by atoms with Gasteiger partial charge in [0.2, 0.25) is 11.8 Å². The molecule has 1 aliphatic carbocycles. The van der Waals surface area contributed by atoms with Crippen LogP contribution < -0.4 is 5.32 Å². The summed E-state index contributed by atoms with van der Waals surface area (Å²) < 4.78 is 0. The minimum absolute atomic E-state index is 0.0599. The molecule has 0 saturated heterocycles. The van der Waals surface area contributed by atoms with Gasteiger partial charge in [0.1, 0.15) is 5.41 Å². The molecular formula is C22H22N2O3. The van der Waals surface area contributed by atoms with Crippen LogP contribution in [0.5, 0.6) is 0 Å². The molecule has 5 nitrogen and oxygen atoms in total. The molecule has 27 heavy (non-hydrogen) atoms. The third-order valence-electron chi connectivity index (χ3n) is 5.54. The van der Waals surface area contributed by atoms with Gasteiger partial charge in [0, 0.05) is 24.3 Å². The van der Waals surface area contributed by atoms with Crippen LogP contribution in [0.3, 0.4) is 0 Å². The normalized spacial score (nSPS) is 17.0. The number of amides is 2. The van der Waals surface area contributed by atoms with Gasteiger partial charge in [-0.2, -0.15) is 0 Å². The quantitative estimate of drug-likeness (QED) is 0.671. The van der Waals surface area contributed by atoms with Crippen LogP contribution in [-0.2, 0) is 22.6 Å². The molecule has 1 saturated carbocycles. The van der Waals surface area contributed by atoms with Crippen LogP contribution >= 0.6 is 0 Å². The number of ketones is 1. The number of carbonyl (C=O) groups excluding carboxylic acids is 3. The molecule has 2 aromatic carbocycles. The zero-order valence-electron chi connectivity index (χ0n) is 15.3. The molecule has 0 aromatic heterocycles. The van der Waals surface area contributed by atoms with Crippen molar-refractivity contribution in [1.82, 2.24) is 4.90 Å². The monoisotopic (exact) mass is 362 g/mol. The lowest BCUT2D eigenvalue weighted by atomic mass is 9.97. The van der Waals surface area contributed by atoms with Gasteiger partial charge in [-0.05, 0) is 49.4 Å². The number of nitrogens with one attached hydrogen (secondary N) is 1. The van der Waals surface area contributed by atoms with Gasteiger partial charge in [-0.3, -0.25) is 14.4 Å². The van der Waals surface area contributed by atoms with Crippen LogP contribution in [-0.4, -0.2) is 29.0 Å². The molecule has 2 aromatic rings. The van der Waals surface area contributed by atoms with E-state index in [1.807, 2.05) is 18.2 Å². The van der Waals surface area contributed by atoms with Crippen molar-refractivity contribution in [2.75, 3.05) is 11.9 Å². The topological polar surface area (TPSA) is 66.5 Å². The highest BCUT2D eigenvalue weighted by molar-refractivity contribution is 6.13. The van der Waals surface area contributed by atoms with Gasteiger partial charge in [0.05, 0.1) is 0 Å². The average molecular weight is 362 g/mol. The predicted octanol–water partition coefficient (Wildman–Crippen LogP) is 3.19. The fraction of sp³-hybridized carbons (Fsp3) is 0.318. The fourth-order valence-corrected chi connectivity index (χ4v) is 3.70. The van der Waals surface area contributed by atoms with Crippen molar-refractivity contribution in [2.24, 2.45) is 5.41 Å². The zero-order valence-corrected chi connectivity index (χ0v) is 15.3. The second-order valence-electron chi connectivity index (χ2n) is 7.42. The summed E-state index contributed by atoms with van der Waals surface area (Å²) in [5, 5.41) is 2.84. The van der Waals surface area contributed by atoms with Crippen LogP contribution in [0.25, 0.3) is 0 Å². The third-order valence-corrected chi connectivity index (χ3v) is 5.54. The van der Waals surface area contributed by atoms with E-state index in [1.165, 1.54) is 12.5 Å². The number of Topliss-reactive ketones (excluding diaryl/α,β-unsaturated/α-hetero) is 1. The molecule has 1 N–H and O–H groups in total. The first kappa shape index (κ1) is 17.5. The van der Waals surface area contributed by atoms with Crippen molar-refractivity contribution in [1.29, 1.82) is 0 Å². The fourth-order valence-electron chi connectivity index (χ4n) is 3.70. The number of benzene rings is 2. The van der Waals surface area contributed by atoms with Gasteiger partial charge in [-0.25, -0.2) is 0 Å². The summed E-state index contributed by atoms with van der Waals surface area (Å²) in [5.74, 6) is -0.417. The molecule has 2 amide bonds. The highest BCUT2D eigenvalue weighted by Gasteiger charge is 2.58. The number of rotatable bonds is 4. The van der Waals surface area contributed by atoms with Crippen molar-refractivity contribution >= 4 is 23.3 Å². The molecule has 1 aliphatic heterocycles. The number of fused-ring (bicyclic) bond motifs is 1. The average Bonchev–Trinajstić information content (AvgIpc) is 3.49. The Morgan fingerprint density at radius 3 is 2.44 bits per heavy atom. The molecule has 138 valence electrons. The lowest BCUT2D eigenvalue weighted by molar-refractivity contribution is -0.143. The van der Waals surface area contributed by atoms with E-state index in [0.717, 1.165) is 12.0 Å². The Hall–Kier alpha value is -2.95. The Morgan fingerprint density at radius 2 is 1.74 bits per heavy atom.